The van der Waals surface area contributed by atoms with Crippen LogP contribution in [0.25, 0.3) is 0 Å². The molecule has 1 aromatic carbocycles. The molecule has 0 aliphatic rings. The van der Waals surface area contributed by atoms with E-state index in [-0.39, 0.29) is 5.82 Å². The average molecular weight is 374 g/mol. The van der Waals surface area contributed by atoms with E-state index in [9.17, 15) is 4.39 Å². The van der Waals surface area contributed by atoms with Crippen molar-refractivity contribution in [2.75, 3.05) is 5.32 Å². The van der Waals surface area contributed by atoms with E-state index < -0.39 is 0 Å². The second kappa shape index (κ2) is 7.19. The molecule has 0 radical (unpaired) electrons. The van der Waals surface area contributed by atoms with Crippen LogP contribution >= 0.6 is 15.9 Å². The lowest BCUT2D eigenvalue weighted by Crippen LogP contribution is -2.01. The van der Waals surface area contributed by atoms with Gasteiger partial charge >= 0.3 is 0 Å². The third-order valence-electron chi connectivity index (χ3n) is 3.04. The molecule has 0 spiro atoms. The van der Waals surface area contributed by atoms with Gasteiger partial charge in [0.15, 0.2) is 0 Å². The van der Waals surface area contributed by atoms with Crippen LogP contribution in [0.1, 0.15) is 5.56 Å². The van der Waals surface area contributed by atoms with Crippen molar-refractivity contribution < 1.29 is 9.13 Å². The Morgan fingerprint density at radius 3 is 2.61 bits per heavy atom. The van der Waals surface area contributed by atoms with Gasteiger partial charge in [-0.3, -0.25) is 0 Å². The Bertz CT molecular complexity index is 779. The smallest absolute Gasteiger partial charge is 0.219 e. The van der Waals surface area contributed by atoms with Gasteiger partial charge < -0.3 is 10.1 Å². The summed E-state index contributed by atoms with van der Waals surface area (Å²) in [6.07, 6.45) is 3.41. The monoisotopic (exact) mass is 373 g/mol. The van der Waals surface area contributed by atoms with E-state index in [0.717, 1.165) is 15.9 Å². The number of nitrogens with one attached hydrogen (secondary N) is 1. The van der Waals surface area contributed by atoms with Gasteiger partial charge in [0, 0.05) is 29.5 Å². The zero-order valence-corrected chi connectivity index (χ0v) is 13.6. The van der Waals surface area contributed by atoms with Crippen molar-refractivity contribution in [1.82, 2.24) is 9.97 Å². The number of rotatable bonds is 5. The van der Waals surface area contributed by atoms with Crippen molar-refractivity contribution >= 4 is 21.7 Å². The molecule has 1 N–H and O–H groups in total. The predicted octanol–water partition coefficient (Wildman–Crippen LogP) is 4.78. The molecule has 2 heterocycles. The summed E-state index contributed by atoms with van der Waals surface area (Å²) in [6, 6.07) is 13.4. The lowest BCUT2D eigenvalue weighted by atomic mass is 10.2. The van der Waals surface area contributed by atoms with E-state index in [2.05, 4.69) is 31.2 Å². The van der Waals surface area contributed by atoms with E-state index in [1.54, 1.807) is 24.5 Å². The maximum absolute atomic E-state index is 12.9. The number of ether oxygens (including phenoxy) is 1. The van der Waals surface area contributed by atoms with Crippen LogP contribution in [0.3, 0.4) is 0 Å². The standard InChI is InChI=1S/C17H13BrFN3O/c18-13-1-6-16(22-11-13)21-10-12-7-8-20-17(9-12)23-15-4-2-14(19)3-5-15/h1-9,11H,10H2,(H,21,22). The first-order valence-corrected chi connectivity index (χ1v) is 7.72. The van der Waals surface area contributed by atoms with Gasteiger partial charge in [0.25, 0.3) is 0 Å². The van der Waals surface area contributed by atoms with Crippen LogP contribution in [0.2, 0.25) is 0 Å². The fraction of sp³-hybridized carbons (Fsp3) is 0.0588. The Morgan fingerprint density at radius 1 is 1.04 bits per heavy atom. The highest BCUT2D eigenvalue weighted by atomic mass is 79.9. The SMILES string of the molecule is Fc1ccc(Oc2cc(CNc3ccc(Br)cn3)ccn2)cc1. The first kappa shape index (κ1) is 15.4. The maximum Gasteiger partial charge on any atom is 0.219 e. The molecule has 3 rings (SSSR count). The number of benzene rings is 1. The highest BCUT2D eigenvalue weighted by Gasteiger charge is 2.02. The summed E-state index contributed by atoms with van der Waals surface area (Å²) >= 11 is 3.35. The van der Waals surface area contributed by atoms with E-state index in [1.807, 2.05) is 24.3 Å². The number of hydrogen-bond acceptors (Lipinski definition) is 4. The maximum atomic E-state index is 12.9. The molecule has 4 nitrogen and oxygen atoms in total. The minimum Gasteiger partial charge on any atom is -0.439 e. The molecule has 0 saturated carbocycles. The highest BCUT2D eigenvalue weighted by Crippen LogP contribution is 2.20. The molecule has 3 aromatic rings. The summed E-state index contributed by atoms with van der Waals surface area (Å²) in [5.41, 5.74) is 1.00. The molecule has 2 aromatic heterocycles. The third-order valence-corrected chi connectivity index (χ3v) is 3.51. The van der Waals surface area contributed by atoms with Gasteiger partial charge in [-0.2, -0.15) is 0 Å². The lowest BCUT2D eigenvalue weighted by molar-refractivity contribution is 0.460. The second-order valence-corrected chi connectivity index (χ2v) is 5.69. The van der Waals surface area contributed by atoms with Crippen LogP contribution < -0.4 is 10.1 Å². The van der Waals surface area contributed by atoms with Gasteiger partial charge in [0.05, 0.1) is 0 Å². The van der Waals surface area contributed by atoms with Gasteiger partial charge in [-0.15, -0.1) is 0 Å². The molecule has 6 heteroatoms. The summed E-state index contributed by atoms with van der Waals surface area (Å²) in [6.45, 7) is 0.594. The van der Waals surface area contributed by atoms with E-state index in [4.69, 9.17) is 4.74 Å². The molecule has 0 aliphatic heterocycles. The van der Waals surface area contributed by atoms with Crippen LogP contribution in [-0.4, -0.2) is 9.97 Å². The van der Waals surface area contributed by atoms with Gasteiger partial charge in [0.1, 0.15) is 17.4 Å². The minimum atomic E-state index is -0.301. The zero-order chi connectivity index (χ0) is 16.1. The molecule has 23 heavy (non-hydrogen) atoms. The number of hydrogen-bond donors (Lipinski definition) is 1. The van der Waals surface area contributed by atoms with Crippen molar-refractivity contribution in [3.8, 4) is 11.6 Å². The molecule has 0 fully saturated rings. The second-order valence-electron chi connectivity index (χ2n) is 4.77. The van der Waals surface area contributed by atoms with Gasteiger partial charge in [-0.25, -0.2) is 14.4 Å². The van der Waals surface area contributed by atoms with Crippen molar-refractivity contribution in [2.24, 2.45) is 0 Å². The van der Waals surface area contributed by atoms with Crippen molar-refractivity contribution in [2.45, 2.75) is 6.54 Å². The first-order valence-electron chi connectivity index (χ1n) is 6.93. The lowest BCUT2D eigenvalue weighted by Gasteiger charge is -2.08. The fourth-order valence-corrected chi connectivity index (χ4v) is 2.15. The number of pyridine rings is 2. The number of anilines is 1. The van der Waals surface area contributed by atoms with Gasteiger partial charge in [-0.05, 0) is 64.0 Å². The molecule has 0 atom stereocenters. The summed E-state index contributed by atoms with van der Waals surface area (Å²) < 4.78 is 19.4. The molecule has 0 unspecified atom stereocenters. The van der Waals surface area contributed by atoms with Crippen molar-refractivity contribution in [3.05, 3.63) is 76.8 Å². The van der Waals surface area contributed by atoms with Gasteiger partial charge in [-0.1, -0.05) is 0 Å². The molecule has 0 amide bonds. The summed E-state index contributed by atoms with van der Waals surface area (Å²) in [5.74, 6) is 1.48. The largest absolute Gasteiger partial charge is 0.439 e. The third kappa shape index (κ3) is 4.50. The molecule has 0 saturated heterocycles. The van der Waals surface area contributed by atoms with E-state index in [1.165, 1.54) is 12.1 Å². The Kier molecular flexibility index (Phi) is 4.83. The number of aromatic nitrogens is 2. The molecular weight excluding hydrogens is 361 g/mol. The van der Waals surface area contributed by atoms with Crippen LogP contribution in [0, 0.1) is 5.82 Å². The quantitative estimate of drug-likeness (QED) is 0.698. The highest BCUT2D eigenvalue weighted by molar-refractivity contribution is 9.10. The van der Waals surface area contributed by atoms with Crippen LogP contribution in [0.5, 0.6) is 11.6 Å². The van der Waals surface area contributed by atoms with Crippen LogP contribution in [0.15, 0.2) is 65.4 Å². The Morgan fingerprint density at radius 2 is 1.87 bits per heavy atom. The summed E-state index contributed by atoms with van der Waals surface area (Å²) in [5, 5.41) is 3.22. The normalized spacial score (nSPS) is 10.3. The van der Waals surface area contributed by atoms with Crippen LogP contribution in [-0.2, 0) is 6.54 Å². The van der Waals surface area contributed by atoms with E-state index >= 15 is 0 Å². The zero-order valence-electron chi connectivity index (χ0n) is 12.0. The number of halogens is 2. The molecular formula is C17H13BrFN3O. The van der Waals surface area contributed by atoms with Crippen molar-refractivity contribution in [1.29, 1.82) is 0 Å². The average Bonchev–Trinajstić information content (AvgIpc) is 2.57. The Hall–Kier alpha value is -2.47. The Labute approximate surface area is 141 Å². The summed E-state index contributed by atoms with van der Waals surface area (Å²) in [4.78, 5) is 8.41. The predicted molar refractivity (Wildman–Crippen MR) is 90.0 cm³/mol. The fourth-order valence-electron chi connectivity index (χ4n) is 1.91. The number of nitrogens with zero attached hydrogens (tertiary/aromatic N) is 2. The molecule has 116 valence electrons. The first-order chi connectivity index (χ1) is 11.2. The topological polar surface area (TPSA) is 47.0 Å². The minimum absolute atomic E-state index is 0.301. The summed E-state index contributed by atoms with van der Waals surface area (Å²) in [7, 11) is 0. The van der Waals surface area contributed by atoms with Crippen molar-refractivity contribution in [3.63, 3.8) is 0 Å². The van der Waals surface area contributed by atoms with E-state index in [0.29, 0.717) is 18.2 Å². The molecule has 0 bridgehead atoms. The molecule has 0 aliphatic carbocycles. The van der Waals surface area contributed by atoms with Crippen LogP contribution in [0.4, 0.5) is 10.2 Å². The Balaban J connectivity index is 1.65. The van der Waals surface area contributed by atoms with Gasteiger partial charge in [0.2, 0.25) is 5.88 Å².